The van der Waals surface area contributed by atoms with Gasteiger partial charge >= 0.3 is 0 Å². The summed E-state index contributed by atoms with van der Waals surface area (Å²) < 4.78 is 0. The second-order valence-corrected chi connectivity index (χ2v) is 5.21. The van der Waals surface area contributed by atoms with E-state index in [4.69, 9.17) is 0 Å². The van der Waals surface area contributed by atoms with Crippen LogP contribution in [0, 0.1) is 0 Å². The molecule has 3 nitrogen and oxygen atoms in total. The molecule has 0 heterocycles. The van der Waals surface area contributed by atoms with Gasteiger partial charge < -0.3 is 10.2 Å². The Hall–Kier alpha value is -1.97. The summed E-state index contributed by atoms with van der Waals surface area (Å²) in [6.45, 7) is 2.81. The first-order valence-electron chi connectivity index (χ1n) is 6.47. The second-order valence-electron chi connectivity index (χ2n) is 5.21. The Morgan fingerprint density at radius 3 is 1.35 bits per heavy atom. The highest BCUT2D eigenvalue weighted by molar-refractivity contribution is 5.95. The molecular formula is C17H18O3. The van der Waals surface area contributed by atoms with Crippen molar-refractivity contribution in [3.05, 3.63) is 71.8 Å². The maximum absolute atomic E-state index is 12.6. The fourth-order valence-electron chi connectivity index (χ4n) is 2.26. The predicted octanol–water partition coefficient (Wildman–Crippen LogP) is 2.37. The molecule has 2 unspecified atom stereocenters. The standard InChI is InChI=1S/C17H18O3/c1-16(19,13-9-5-3-6-10-13)15(18)17(2,20)14-11-7-4-8-12-14/h3-12,19-20H,1-2H3. The molecule has 0 aliphatic rings. The van der Waals surface area contributed by atoms with E-state index in [0.717, 1.165) is 0 Å². The van der Waals surface area contributed by atoms with Gasteiger partial charge in [-0.25, -0.2) is 0 Å². The van der Waals surface area contributed by atoms with Gasteiger partial charge in [-0.05, 0) is 25.0 Å². The largest absolute Gasteiger partial charge is 0.377 e. The van der Waals surface area contributed by atoms with E-state index in [1.165, 1.54) is 13.8 Å². The van der Waals surface area contributed by atoms with Gasteiger partial charge in [0.1, 0.15) is 11.2 Å². The van der Waals surface area contributed by atoms with E-state index < -0.39 is 17.0 Å². The van der Waals surface area contributed by atoms with E-state index in [1.54, 1.807) is 60.7 Å². The Bertz CT molecular complexity index is 533. The Labute approximate surface area is 118 Å². The minimum absolute atomic E-state index is 0.459. The number of carbonyl (C=O) groups excluding carboxylic acids is 1. The molecule has 2 aromatic rings. The van der Waals surface area contributed by atoms with Gasteiger partial charge in [0, 0.05) is 0 Å². The van der Waals surface area contributed by atoms with Crippen molar-refractivity contribution in [1.82, 2.24) is 0 Å². The zero-order valence-electron chi connectivity index (χ0n) is 11.6. The van der Waals surface area contributed by atoms with E-state index in [0.29, 0.717) is 11.1 Å². The molecule has 2 aromatic carbocycles. The lowest BCUT2D eigenvalue weighted by Gasteiger charge is -2.31. The van der Waals surface area contributed by atoms with Crippen molar-refractivity contribution in [2.45, 2.75) is 25.0 Å². The third-order valence-electron chi connectivity index (χ3n) is 3.56. The summed E-state index contributed by atoms with van der Waals surface area (Å²) >= 11 is 0. The molecule has 0 saturated carbocycles. The van der Waals surface area contributed by atoms with Crippen LogP contribution in [0.3, 0.4) is 0 Å². The van der Waals surface area contributed by atoms with Gasteiger partial charge in [-0.1, -0.05) is 60.7 Å². The Balaban J connectivity index is 2.40. The van der Waals surface area contributed by atoms with Gasteiger partial charge in [0.25, 0.3) is 0 Å². The molecule has 0 aliphatic heterocycles. The van der Waals surface area contributed by atoms with Crippen molar-refractivity contribution in [1.29, 1.82) is 0 Å². The molecule has 0 spiro atoms. The first-order chi connectivity index (χ1) is 9.37. The first-order valence-corrected chi connectivity index (χ1v) is 6.47. The highest BCUT2D eigenvalue weighted by Gasteiger charge is 2.44. The quantitative estimate of drug-likeness (QED) is 0.896. The number of carbonyl (C=O) groups is 1. The van der Waals surface area contributed by atoms with E-state index in [-0.39, 0.29) is 0 Å². The van der Waals surface area contributed by atoms with Gasteiger partial charge in [0.05, 0.1) is 0 Å². The van der Waals surface area contributed by atoms with Gasteiger partial charge in [-0.15, -0.1) is 0 Å². The topological polar surface area (TPSA) is 57.5 Å². The molecule has 3 heteroatoms. The van der Waals surface area contributed by atoms with Crippen LogP contribution in [-0.2, 0) is 16.0 Å². The van der Waals surface area contributed by atoms with Crippen LogP contribution in [0.15, 0.2) is 60.7 Å². The van der Waals surface area contributed by atoms with Crippen LogP contribution in [-0.4, -0.2) is 16.0 Å². The number of benzene rings is 2. The molecule has 2 atom stereocenters. The number of hydrogen-bond donors (Lipinski definition) is 2. The summed E-state index contributed by atoms with van der Waals surface area (Å²) in [7, 11) is 0. The average Bonchev–Trinajstić information content (AvgIpc) is 2.48. The molecule has 104 valence electrons. The molecular weight excluding hydrogens is 252 g/mol. The normalized spacial score (nSPS) is 17.0. The lowest BCUT2D eigenvalue weighted by atomic mass is 9.79. The molecule has 0 saturated heterocycles. The van der Waals surface area contributed by atoms with Crippen LogP contribution in [0.4, 0.5) is 0 Å². The van der Waals surface area contributed by atoms with E-state index in [2.05, 4.69) is 0 Å². The van der Waals surface area contributed by atoms with E-state index >= 15 is 0 Å². The fraction of sp³-hybridized carbons (Fsp3) is 0.235. The summed E-state index contributed by atoms with van der Waals surface area (Å²) in [5, 5.41) is 21.1. The number of hydrogen-bond acceptors (Lipinski definition) is 3. The summed E-state index contributed by atoms with van der Waals surface area (Å²) in [5.74, 6) is -0.651. The summed E-state index contributed by atoms with van der Waals surface area (Å²) in [5.41, 5.74) is -2.58. The third kappa shape index (κ3) is 2.50. The highest BCUT2D eigenvalue weighted by atomic mass is 16.3. The SMILES string of the molecule is CC(O)(C(=O)C(C)(O)c1ccccc1)c1ccccc1. The molecule has 0 aromatic heterocycles. The smallest absolute Gasteiger partial charge is 0.204 e. The lowest BCUT2D eigenvalue weighted by Crippen LogP contribution is -2.46. The Morgan fingerprint density at radius 1 is 0.750 bits per heavy atom. The summed E-state index contributed by atoms with van der Waals surface area (Å²) in [6, 6.07) is 17.2. The van der Waals surface area contributed by atoms with Gasteiger partial charge in [-0.3, -0.25) is 4.79 Å². The zero-order chi connectivity index (χ0) is 14.8. The number of Topliss-reactive ketones (excluding diaryl/α,β-unsaturated/α-hetero) is 1. The maximum atomic E-state index is 12.6. The Morgan fingerprint density at radius 2 is 1.05 bits per heavy atom. The average molecular weight is 270 g/mol. The van der Waals surface area contributed by atoms with Crippen molar-refractivity contribution in [3.63, 3.8) is 0 Å². The van der Waals surface area contributed by atoms with E-state index in [9.17, 15) is 15.0 Å². The molecule has 20 heavy (non-hydrogen) atoms. The Kier molecular flexibility index (Phi) is 3.75. The van der Waals surface area contributed by atoms with Gasteiger partial charge in [0.2, 0.25) is 5.78 Å². The fourth-order valence-corrected chi connectivity index (χ4v) is 2.26. The summed E-state index contributed by atoms with van der Waals surface area (Å²) in [6.07, 6.45) is 0. The van der Waals surface area contributed by atoms with Crippen molar-refractivity contribution in [3.8, 4) is 0 Å². The van der Waals surface area contributed by atoms with Crippen molar-refractivity contribution in [2.75, 3.05) is 0 Å². The van der Waals surface area contributed by atoms with E-state index in [1.807, 2.05) is 0 Å². The van der Waals surface area contributed by atoms with Crippen LogP contribution in [0.25, 0.3) is 0 Å². The second kappa shape index (κ2) is 5.19. The monoisotopic (exact) mass is 270 g/mol. The molecule has 2 rings (SSSR count). The third-order valence-corrected chi connectivity index (χ3v) is 3.56. The van der Waals surface area contributed by atoms with Gasteiger partial charge in [0.15, 0.2) is 0 Å². The number of rotatable bonds is 4. The lowest BCUT2D eigenvalue weighted by molar-refractivity contribution is -0.156. The molecule has 0 radical (unpaired) electrons. The predicted molar refractivity (Wildman–Crippen MR) is 77.0 cm³/mol. The zero-order valence-corrected chi connectivity index (χ0v) is 11.6. The highest BCUT2D eigenvalue weighted by Crippen LogP contribution is 2.32. The van der Waals surface area contributed by atoms with Crippen LogP contribution in [0.2, 0.25) is 0 Å². The first kappa shape index (κ1) is 14.4. The maximum Gasteiger partial charge on any atom is 0.204 e. The molecule has 0 fully saturated rings. The number of aliphatic hydroxyl groups is 2. The van der Waals surface area contributed by atoms with Crippen molar-refractivity contribution < 1.29 is 15.0 Å². The number of ketones is 1. The molecule has 2 N–H and O–H groups in total. The molecule has 0 aliphatic carbocycles. The molecule has 0 amide bonds. The minimum atomic E-state index is -1.75. The van der Waals surface area contributed by atoms with Crippen LogP contribution in [0.5, 0.6) is 0 Å². The van der Waals surface area contributed by atoms with Gasteiger partial charge in [-0.2, -0.15) is 0 Å². The summed E-state index contributed by atoms with van der Waals surface area (Å²) in [4.78, 5) is 12.6. The van der Waals surface area contributed by atoms with Crippen LogP contribution in [0.1, 0.15) is 25.0 Å². The van der Waals surface area contributed by atoms with Crippen LogP contribution < -0.4 is 0 Å². The van der Waals surface area contributed by atoms with Crippen LogP contribution >= 0.6 is 0 Å². The minimum Gasteiger partial charge on any atom is -0.377 e. The van der Waals surface area contributed by atoms with Crippen molar-refractivity contribution >= 4 is 5.78 Å². The molecule has 0 bridgehead atoms. The van der Waals surface area contributed by atoms with Crippen molar-refractivity contribution in [2.24, 2.45) is 0 Å².